The van der Waals surface area contributed by atoms with Crippen molar-refractivity contribution in [2.24, 2.45) is 0 Å². The van der Waals surface area contributed by atoms with Gasteiger partial charge < -0.3 is 5.32 Å². The second-order valence-corrected chi connectivity index (χ2v) is 5.27. The molecule has 2 N–H and O–H groups in total. The number of hydrogen-bond acceptors (Lipinski definition) is 6. The molecule has 4 aromatic rings. The van der Waals surface area contributed by atoms with Crippen LogP contribution in [0.3, 0.4) is 0 Å². The lowest BCUT2D eigenvalue weighted by molar-refractivity contribution is 0.628. The number of tetrazole rings is 1. The van der Waals surface area contributed by atoms with Crippen LogP contribution in [0.15, 0.2) is 42.6 Å². The van der Waals surface area contributed by atoms with Crippen LogP contribution in [0, 0.1) is 5.82 Å². The van der Waals surface area contributed by atoms with Gasteiger partial charge in [0.25, 0.3) is 0 Å². The summed E-state index contributed by atoms with van der Waals surface area (Å²) in [6.07, 6.45) is 1.67. The molecular formula is C15H13FN8. The lowest BCUT2D eigenvalue weighted by Gasteiger charge is -2.14. The van der Waals surface area contributed by atoms with Gasteiger partial charge >= 0.3 is 0 Å². The third-order valence-electron chi connectivity index (χ3n) is 3.61. The summed E-state index contributed by atoms with van der Waals surface area (Å²) in [5.41, 5.74) is 2.21. The van der Waals surface area contributed by atoms with Crippen LogP contribution < -0.4 is 5.32 Å². The first kappa shape index (κ1) is 14.2. The number of aromatic amines is 1. The molecule has 0 aliphatic carbocycles. The Bertz CT molecular complexity index is 961. The van der Waals surface area contributed by atoms with E-state index < -0.39 is 0 Å². The highest BCUT2D eigenvalue weighted by atomic mass is 19.1. The van der Waals surface area contributed by atoms with Crippen molar-refractivity contribution in [2.45, 2.75) is 13.0 Å². The molecule has 24 heavy (non-hydrogen) atoms. The molecule has 4 rings (SSSR count). The fraction of sp³-hybridized carbons (Fsp3) is 0.133. The van der Waals surface area contributed by atoms with Crippen molar-refractivity contribution in [3.63, 3.8) is 0 Å². The van der Waals surface area contributed by atoms with Crippen molar-refractivity contribution in [1.82, 2.24) is 35.2 Å². The van der Waals surface area contributed by atoms with E-state index in [0.717, 1.165) is 11.4 Å². The molecule has 9 heteroatoms. The van der Waals surface area contributed by atoms with Gasteiger partial charge in [0.15, 0.2) is 11.5 Å². The largest absolute Gasteiger partial charge is 0.360 e. The maximum absolute atomic E-state index is 13.1. The quantitative estimate of drug-likeness (QED) is 0.597. The number of anilines is 1. The Balaban J connectivity index is 1.76. The molecule has 0 aliphatic rings. The summed E-state index contributed by atoms with van der Waals surface area (Å²) < 4.78 is 14.8. The van der Waals surface area contributed by atoms with E-state index in [1.165, 1.54) is 12.1 Å². The Kier molecular flexibility index (Phi) is 3.38. The average Bonchev–Trinajstić information content (AvgIpc) is 3.27. The van der Waals surface area contributed by atoms with Gasteiger partial charge in [-0.25, -0.2) is 9.37 Å². The number of benzene rings is 1. The standard InChI is InChI=1S/C15H13FN8/c1-9(15-20-22-23-21-15)18-14-8-12(10-2-4-11(16)5-3-10)19-13-6-7-17-24(13)14/h2-9,18H,1H3,(H,20,21,22,23)/t9-/m1/s1. The summed E-state index contributed by atoms with van der Waals surface area (Å²) in [5, 5.41) is 21.5. The van der Waals surface area contributed by atoms with Crippen molar-refractivity contribution >= 4 is 11.5 Å². The minimum atomic E-state index is -0.284. The molecular weight excluding hydrogens is 311 g/mol. The Labute approximate surface area is 135 Å². The summed E-state index contributed by atoms with van der Waals surface area (Å²) in [5.74, 6) is 0.977. The van der Waals surface area contributed by atoms with Gasteiger partial charge in [0.05, 0.1) is 17.9 Å². The summed E-state index contributed by atoms with van der Waals surface area (Å²) >= 11 is 0. The van der Waals surface area contributed by atoms with Crippen LogP contribution in [0.25, 0.3) is 16.9 Å². The molecule has 0 fully saturated rings. The molecule has 3 heterocycles. The first-order chi connectivity index (χ1) is 11.7. The van der Waals surface area contributed by atoms with Crippen LogP contribution in [0.1, 0.15) is 18.8 Å². The first-order valence-electron chi connectivity index (χ1n) is 7.31. The molecule has 1 aromatic carbocycles. The van der Waals surface area contributed by atoms with Crippen molar-refractivity contribution in [2.75, 3.05) is 5.32 Å². The summed E-state index contributed by atoms with van der Waals surface area (Å²) in [4.78, 5) is 4.55. The van der Waals surface area contributed by atoms with Gasteiger partial charge in [-0.1, -0.05) is 5.21 Å². The smallest absolute Gasteiger partial charge is 0.196 e. The number of nitrogens with one attached hydrogen (secondary N) is 2. The van der Waals surface area contributed by atoms with Gasteiger partial charge in [0.1, 0.15) is 11.6 Å². The minimum Gasteiger partial charge on any atom is -0.360 e. The van der Waals surface area contributed by atoms with Gasteiger partial charge in [-0.15, -0.1) is 10.2 Å². The lowest BCUT2D eigenvalue weighted by Crippen LogP contribution is -2.12. The van der Waals surface area contributed by atoms with Gasteiger partial charge in [-0.05, 0) is 31.2 Å². The predicted octanol–water partition coefficient (Wildman–Crippen LogP) is 2.22. The minimum absolute atomic E-state index is 0.181. The maximum Gasteiger partial charge on any atom is 0.196 e. The molecule has 0 amide bonds. The Morgan fingerprint density at radius 3 is 2.79 bits per heavy atom. The first-order valence-corrected chi connectivity index (χ1v) is 7.31. The molecule has 8 nitrogen and oxygen atoms in total. The van der Waals surface area contributed by atoms with Crippen molar-refractivity contribution in [3.8, 4) is 11.3 Å². The summed E-state index contributed by atoms with van der Waals surface area (Å²) in [7, 11) is 0. The van der Waals surface area contributed by atoms with Gasteiger partial charge in [-0.2, -0.15) is 14.8 Å². The zero-order valence-electron chi connectivity index (χ0n) is 12.7. The second kappa shape index (κ2) is 5.69. The zero-order chi connectivity index (χ0) is 16.5. The van der Waals surface area contributed by atoms with E-state index in [1.54, 1.807) is 28.9 Å². The molecule has 0 spiro atoms. The third-order valence-corrected chi connectivity index (χ3v) is 3.61. The van der Waals surface area contributed by atoms with Crippen molar-refractivity contribution < 1.29 is 4.39 Å². The average molecular weight is 324 g/mol. The number of halogens is 1. The number of nitrogens with zero attached hydrogens (tertiary/aromatic N) is 6. The highest BCUT2D eigenvalue weighted by molar-refractivity contribution is 5.66. The Morgan fingerprint density at radius 1 is 1.21 bits per heavy atom. The fourth-order valence-electron chi connectivity index (χ4n) is 2.42. The zero-order valence-corrected chi connectivity index (χ0v) is 12.7. The van der Waals surface area contributed by atoms with E-state index in [4.69, 9.17) is 0 Å². The number of aromatic nitrogens is 7. The normalized spacial score (nSPS) is 12.4. The lowest BCUT2D eigenvalue weighted by atomic mass is 10.1. The number of rotatable bonds is 4. The van der Waals surface area contributed by atoms with Crippen LogP contribution in [0.4, 0.5) is 10.2 Å². The topological polar surface area (TPSA) is 96.7 Å². The van der Waals surface area contributed by atoms with E-state index in [2.05, 4.69) is 36.0 Å². The molecule has 0 saturated heterocycles. The highest BCUT2D eigenvalue weighted by Gasteiger charge is 2.14. The molecule has 1 atom stereocenters. The van der Waals surface area contributed by atoms with E-state index >= 15 is 0 Å². The monoisotopic (exact) mass is 324 g/mol. The molecule has 120 valence electrons. The molecule has 0 bridgehead atoms. The molecule has 0 radical (unpaired) electrons. The van der Waals surface area contributed by atoms with E-state index in [-0.39, 0.29) is 11.9 Å². The highest BCUT2D eigenvalue weighted by Crippen LogP contribution is 2.24. The predicted molar refractivity (Wildman–Crippen MR) is 84.6 cm³/mol. The molecule has 3 aromatic heterocycles. The van der Waals surface area contributed by atoms with Gasteiger partial charge in [-0.3, -0.25) is 0 Å². The maximum atomic E-state index is 13.1. The summed E-state index contributed by atoms with van der Waals surface area (Å²) in [6.45, 7) is 1.91. The second-order valence-electron chi connectivity index (χ2n) is 5.27. The van der Waals surface area contributed by atoms with Gasteiger partial charge in [0.2, 0.25) is 0 Å². The number of hydrogen-bond donors (Lipinski definition) is 2. The molecule has 0 aliphatic heterocycles. The Hall–Kier alpha value is -3.36. The van der Waals surface area contributed by atoms with Crippen LogP contribution in [-0.2, 0) is 0 Å². The van der Waals surface area contributed by atoms with Crippen LogP contribution in [0.2, 0.25) is 0 Å². The van der Waals surface area contributed by atoms with E-state index in [0.29, 0.717) is 17.2 Å². The van der Waals surface area contributed by atoms with E-state index in [1.807, 2.05) is 13.0 Å². The van der Waals surface area contributed by atoms with Crippen molar-refractivity contribution in [1.29, 1.82) is 0 Å². The van der Waals surface area contributed by atoms with Crippen LogP contribution in [-0.4, -0.2) is 35.2 Å². The van der Waals surface area contributed by atoms with Gasteiger partial charge in [0, 0.05) is 17.7 Å². The fourth-order valence-corrected chi connectivity index (χ4v) is 2.42. The number of H-pyrrole nitrogens is 1. The molecule has 0 saturated carbocycles. The summed E-state index contributed by atoms with van der Waals surface area (Å²) in [6, 6.07) is 9.67. The van der Waals surface area contributed by atoms with Crippen LogP contribution in [0.5, 0.6) is 0 Å². The molecule has 0 unspecified atom stereocenters. The SMILES string of the molecule is C[C@@H](Nc1cc(-c2ccc(F)cc2)nc2ccnn12)c1nn[nH]n1. The Morgan fingerprint density at radius 2 is 2.04 bits per heavy atom. The van der Waals surface area contributed by atoms with E-state index in [9.17, 15) is 4.39 Å². The number of fused-ring (bicyclic) bond motifs is 1. The third kappa shape index (κ3) is 2.56. The van der Waals surface area contributed by atoms with Crippen molar-refractivity contribution in [3.05, 3.63) is 54.2 Å². The van der Waals surface area contributed by atoms with Crippen LogP contribution >= 0.6 is 0 Å².